The number of amides is 4. The van der Waals surface area contributed by atoms with E-state index in [0.29, 0.717) is 17.7 Å². The molecule has 4 amide bonds. The fourth-order valence-corrected chi connectivity index (χ4v) is 5.53. The van der Waals surface area contributed by atoms with Crippen LogP contribution in [0.2, 0.25) is 0 Å². The van der Waals surface area contributed by atoms with Crippen molar-refractivity contribution in [3.63, 3.8) is 0 Å². The fraction of sp³-hybridized carbons (Fsp3) is 0.333. The number of likely N-dealkylation sites (tertiary alicyclic amines) is 1. The largest absolute Gasteiger partial charge is 0.370 e. The van der Waals surface area contributed by atoms with E-state index < -0.39 is 29.3 Å². The molecule has 2 fully saturated rings. The van der Waals surface area contributed by atoms with Gasteiger partial charge in [0.2, 0.25) is 23.6 Å². The average Bonchev–Trinajstić information content (AvgIpc) is 3.33. The number of carbonyl (C=O) groups excluding carboxylic acids is 4. The quantitative estimate of drug-likeness (QED) is 0.605. The van der Waals surface area contributed by atoms with Gasteiger partial charge in [-0.1, -0.05) is 48.5 Å². The summed E-state index contributed by atoms with van der Waals surface area (Å²) in [5.41, 5.74) is 7.20. The maximum atomic E-state index is 13.6. The Labute approximate surface area is 185 Å². The molecule has 3 heterocycles. The van der Waals surface area contributed by atoms with Crippen LogP contribution in [0.25, 0.3) is 0 Å². The molecule has 0 unspecified atom stereocenters. The molecule has 164 valence electrons. The maximum Gasteiger partial charge on any atom is 0.250 e. The molecule has 0 saturated carbocycles. The van der Waals surface area contributed by atoms with E-state index in [1.54, 1.807) is 6.07 Å². The van der Waals surface area contributed by atoms with E-state index in [4.69, 9.17) is 5.73 Å². The van der Waals surface area contributed by atoms with E-state index in [-0.39, 0.29) is 30.7 Å². The van der Waals surface area contributed by atoms with Crippen LogP contribution in [0.5, 0.6) is 0 Å². The Morgan fingerprint density at radius 2 is 1.81 bits per heavy atom. The van der Waals surface area contributed by atoms with Crippen molar-refractivity contribution in [1.82, 2.24) is 10.2 Å². The minimum atomic E-state index is -1.40. The highest BCUT2D eigenvalue weighted by atomic mass is 16.2. The Morgan fingerprint density at radius 3 is 2.53 bits per heavy atom. The van der Waals surface area contributed by atoms with Gasteiger partial charge >= 0.3 is 0 Å². The van der Waals surface area contributed by atoms with Crippen LogP contribution in [-0.2, 0) is 31.1 Å². The Hall–Kier alpha value is -3.52. The number of aryl methyl sites for hydroxylation is 1. The molecular formula is C24H24N4O4. The van der Waals surface area contributed by atoms with Crippen LogP contribution >= 0.6 is 0 Å². The number of benzene rings is 2. The first-order valence-electron chi connectivity index (χ1n) is 10.7. The number of imide groups is 1. The van der Waals surface area contributed by atoms with Crippen LogP contribution in [0.4, 0.5) is 5.69 Å². The van der Waals surface area contributed by atoms with Crippen molar-refractivity contribution in [2.75, 3.05) is 11.9 Å². The van der Waals surface area contributed by atoms with Crippen molar-refractivity contribution in [3.05, 3.63) is 65.2 Å². The number of hydrogen-bond acceptors (Lipinski definition) is 5. The lowest BCUT2D eigenvalue weighted by molar-refractivity contribution is -0.142. The second-order valence-corrected chi connectivity index (χ2v) is 8.75. The molecule has 0 bridgehead atoms. The van der Waals surface area contributed by atoms with Crippen molar-refractivity contribution < 1.29 is 19.2 Å². The first kappa shape index (κ1) is 20.4. The van der Waals surface area contributed by atoms with Gasteiger partial charge in [-0.15, -0.1) is 0 Å². The van der Waals surface area contributed by atoms with Gasteiger partial charge in [-0.3, -0.25) is 29.4 Å². The molecule has 3 aliphatic heterocycles. The van der Waals surface area contributed by atoms with Gasteiger partial charge < -0.3 is 11.1 Å². The van der Waals surface area contributed by atoms with Crippen LogP contribution in [0.1, 0.15) is 23.1 Å². The molecule has 1 spiro atoms. The van der Waals surface area contributed by atoms with Gasteiger partial charge in [0.15, 0.2) is 0 Å². The lowest BCUT2D eigenvalue weighted by Gasteiger charge is -2.29. The number of primary amides is 1. The number of hydrogen-bond donors (Lipinski definition) is 3. The normalized spacial score (nSPS) is 28.2. The first-order valence-corrected chi connectivity index (χ1v) is 10.7. The number of rotatable bonds is 5. The van der Waals surface area contributed by atoms with E-state index in [1.807, 2.05) is 49.4 Å². The summed E-state index contributed by atoms with van der Waals surface area (Å²) in [7, 11) is 0. The molecule has 0 radical (unpaired) electrons. The molecule has 8 nitrogen and oxygen atoms in total. The summed E-state index contributed by atoms with van der Waals surface area (Å²) in [4.78, 5) is 53.4. The van der Waals surface area contributed by atoms with Gasteiger partial charge in [-0.25, -0.2) is 0 Å². The summed E-state index contributed by atoms with van der Waals surface area (Å²) < 4.78 is 0. The number of anilines is 1. The summed E-state index contributed by atoms with van der Waals surface area (Å²) >= 11 is 0. The number of para-hydroxylation sites is 1. The second-order valence-electron chi connectivity index (χ2n) is 8.75. The van der Waals surface area contributed by atoms with Crippen LogP contribution in [0.15, 0.2) is 48.5 Å². The average molecular weight is 432 g/mol. The topological polar surface area (TPSA) is 122 Å². The molecular weight excluding hydrogens is 408 g/mol. The summed E-state index contributed by atoms with van der Waals surface area (Å²) in [6.07, 6.45) is 0.378. The highest BCUT2D eigenvalue weighted by Gasteiger charge is 2.70. The molecule has 0 aliphatic carbocycles. The molecule has 3 aliphatic rings. The molecule has 8 heteroatoms. The van der Waals surface area contributed by atoms with E-state index >= 15 is 0 Å². The minimum Gasteiger partial charge on any atom is -0.370 e. The zero-order chi connectivity index (χ0) is 22.6. The predicted molar refractivity (Wildman–Crippen MR) is 116 cm³/mol. The molecule has 2 saturated heterocycles. The summed E-state index contributed by atoms with van der Waals surface area (Å²) in [6.45, 7) is 2.09. The van der Waals surface area contributed by atoms with Crippen molar-refractivity contribution in [1.29, 1.82) is 0 Å². The SMILES string of the molecule is Cc1cccc2c1NC(=O)[C@@]21N[C@@H](CC(N)=O)[C@H]2C(=O)N(CCc3ccccc3)C(=O)[C@@H]21. The van der Waals surface area contributed by atoms with E-state index in [1.165, 1.54) is 4.90 Å². The van der Waals surface area contributed by atoms with Gasteiger partial charge in [-0.2, -0.15) is 0 Å². The van der Waals surface area contributed by atoms with Crippen molar-refractivity contribution >= 4 is 29.3 Å². The van der Waals surface area contributed by atoms with Crippen LogP contribution in [0.3, 0.4) is 0 Å². The standard InChI is InChI=1S/C24H24N4O4/c1-13-6-5-9-15-20(13)26-23(32)24(15)19-18(16(27-24)12-17(25)29)21(30)28(22(19)31)11-10-14-7-3-2-4-8-14/h2-9,16,18-19,27H,10-12H2,1H3,(H2,25,29)(H,26,32)/t16-,18+,19+,24+/m0/s1. The molecule has 4 atom stereocenters. The fourth-order valence-electron chi connectivity index (χ4n) is 5.53. The van der Waals surface area contributed by atoms with E-state index in [0.717, 1.165) is 11.1 Å². The van der Waals surface area contributed by atoms with Crippen molar-refractivity contribution in [2.45, 2.75) is 31.3 Å². The zero-order valence-corrected chi connectivity index (χ0v) is 17.6. The van der Waals surface area contributed by atoms with Crippen molar-refractivity contribution in [3.8, 4) is 0 Å². The molecule has 5 rings (SSSR count). The molecule has 4 N–H and O–H groups in total. The molecule has 0 aromatic heterocycles. The van der Waals surface area contributed by atoms with Crippen LogP contribution in [-0.4, -0.2) is 41.1 Å². The molecule has 2 aromatic rings. The Morgan fingerprint density at radius 1 is 1.06 bits per heavy atom. The van der Waals surface area contributed by atoms with Gasteiger partial charge in [0, 0.05) is 30.3 Å². The van der Waals surface area contributed by atoms with Crippen LogP contribution < -0.4 is 16.4 Å². The third kappa shape index (κ3) is 2.79. The zero-order valence-electron chi connectivity index (χ0n) is 17.6. The van der Waals surface area contributed by atoms with Gasteiger partial charge in [0.1, 0.15) is 5.54 Å². The highest BCUT2D eigenvalue weighted by molar-refractivity contribution is 6.15. The Bertz CT molecular complexity index is 1150. The molecule has 32 heavy (non-hydrogen) atoms. The predicted octanol–water partition coefficient (Wildman–Crippen LogP) is 0.834. The Kier molecular flexibility index (Phi) is 4.63. The number of nitrogens with one attached hydrogen (secondary N) is 2. The number of nitrogens with zero attached hydrogens (tertiary/aromatic N) is 1. The lowest BCUT2D eigenvalue weighted by atomic mass is 9.76. The molecule has 2 aromatic carbocycles. The van der Waals surface area contributed by atoms with Crippen LogP contribution in [0, 0.1) is 18.8 Å². The lowest BCUT2D eigenvalue weighted by Crippen LogP contribution is -2.53. The minimum absolute atomic E-state index is 0.136. The monoisotopic (exact) mass is 432 g/mol. The summed E-state index contributed by atoms with van der Waals surface area (Å²) in [6, 6.07) is 14.4. The van der Waals surface area contributed by atoms with Gasteiger partial charge in [-0.05, 0) is 24.5 Å². The van der Waals surface area contributed by atoms with E-state index in [9.17, 15) is 19.2 Å². The summed E-state index contributed by atoms with van der Waals surface area (Å²) in [5, 5.41) is 6.10. The smallest absolute Gasteiger partial charge is 0.250 e. The van der Waals surface area contributed by atoms with Crippen molar-refractivity contribution in [2.24, 2.45) is 17.6 Å². The third-order valence-corrected chi connectivity index (χ3v) is 6.94. The summed E-state index contributed by atoms with van der Waals surface area (Å²) in [5.74, 6) is -3.49. The first-order chi connectivity index (χ1) is 15.3. The van der Waals surface area contributed by atoms with E-state index in [2.05, 4.69) is 10.6 Å². The number of carbonyl (C=O) groups is 4. The number of fused-ring (bicyclic) bond motifs is 4. The highest BCUT2D eigenvalue weighted by Crippen LogP contribution is 2.53. The second kappa shape index (κ2) is 7.27. The maximum absolute atomic E-state index is 13.6. The Balaban J connectivity index is 1.55. The van der Waals surface area contributed by atoms with Gasteiger partial charge in [0.25, 0.3) is 0 Å². The van der Waals surface area contributed by atoms with Gasteiger partial charge in [0.05, 0.1) is 11.8 Å². The third-order valence-electron chi connectivity index (χ3n) is 6.94. The number of nitrogens with two attached hydrogens (primary N) is 1.